The van der Waals surface area contributed by atoms with E-state index in [-0.39, 0.29) is 16.7 Å². The highest BCUT2D eigenvalue weighted by Crippen LogP contribution is 2.07. The summed E-state index contributed by atoms with van der Waals surface area (Å²) in [5.74, 6) is 0.356. The van der Waals surface area contributed by atoms with E-state index >= 15 is 0 Å². The van der Waals surface area contributed by atoms with Gasteiger partial charge in [-0.3, -0.25) is 4.21 Å². The average Bonchev–Trinajstić information content (AvgIpc) is 2.38. The molecule has 19 heavy (non-hydrogen) atoms. The lowest BCUT2D eigenvalue weighted by Gasteiger charge is -2.09. The maximum absolute atomic E-state index is 11.9. The van der Waals surface area contributed by atoms with Crippen molar-refractivity contribution in [1.82, 2.24) is 14.7 Å². The van der Waals surface area contributed by atoms with Crippen LogP contribution >= 0.6 is 0 Å². The van der Waals surface area contributed by atoms with Gasteiger partial charge in [0.2, 0.25) is 16.0 Å². The Morgan fingerprint density at radius 1 is 1.37 bits per heavy atom. The molecule has 0 aromatic carbocycles. The zero-order valence-corrected chi connectivity index (χ0v) is 12.7. The van der Waals surface area contributed by atoms with Crippen LogP contribution in [0.3, 0.4) is 0 Å². The second-order valence-corrected chi connectivity index (χ2v) is 7.56. The third kappa shape index (κ3) is 4.84. The molecule has 1 rings (SSSR count). The largest absolute Gasteiger partial charge is 0.357 e. The van der Waals surface area contributed by atoms with E-state index in [2.05, 4.69) is 20.0 Å². The Balaban J connectivity index is 2.62. The minimum atomic E-state index is -3.61. The molecule has 0 fully saturated rings. The van der Waals surface area contributed by atoms with Crippen molar-refractivity contribution in [2.45, 2.75) is 23.5 Å². The van der Waals surface area contributed by atoms with Gasteiger partial charge in [0.05, 0.1) is 12.4 Å². The van der Waals surface area contributed by atoms with Gasteiger partial charge >= 0.3 is 0 Å². The number of nitrogens with one attached hydrogen (secondary N) is 2. The first-order valence-electron chi connectivity index (χ1n) is 5.68. The van der Waals surface area contributed by atoms with Crippen molar-refractivity contribution >= 4 is 26.8 Å². The maximum atomic E-state index is 11.9. The van der Waals surface area contributed by atoms with Gasteiger partial charge in [0.25, 0.3) is 0 Å². The zero-order valence-electron chi connectivity index (χ0n) is 11.1. The first kappa shape index (κ1) is 16.0. The highest BCUT2D eigenvalue weighted by molar-refractivity contribution is 7.89. The van der Waals surface area contributed by atoms with E-state index in [4.69, 9.17) is 0 Å². The summed E-state index contributed by atoms with van der Waals surface area (Å²) < 4.78 is 37.4. The van der Waals surface area contributed by atoms with E-state index < -0.39 is 20.8 Å². The third-order valence-corrected chi connectivity index (χ3v) is 5.36. The smallest absolute Gasteiger partial charge is 0.243 e. The Morgan fingerprint density at radius 2 is 1.95 bits per heavy atom. The Labute approximate surface area is 115 Å². The van der Waals surface area contributed by atoms with Crippen LogP contribution in [0.4, 0.5) is 5.95 Å². The molecule has 0 aliphatic heterocycles. The molecule has 1 heterocycles. The summed E-state index contributed by atoms with van der Waals surface area (Å²) in [6.07, 6.45) is 4.59. The lowest BCUT2D eigenvalue weighted by molar-refractivity contribution is 0.577. The number of sulfonamides is 1. The standard InChI is InChI=1S/C10H18N4O3S2/c1-8(18(3)15)4-5-14-19(16,17)9-6-12-10(11-2)13-7-9/h6-8,14H,4-5H2,1-3H3,(H,11,12,13). The van der Waals surface area contributed by atoms with Crippen molar-refractivity contribution in [3.05, 3.63) is 12.4 Å². The number of aromatic nitrogens is 2. The topological polar surface area (TPSA) is 101 Å². The molecule has 0 saturated carbocycles. The molecule has 0 spiro atoms. The highest BCUT2D eigenvalue weighted by Gasteiger charge is 2.15. The molecule has 1 aromatic rings. The van der Waals surface area contributed by atoms with Gasteiger partial charge in [-0.05, 0) is 6.42 Å². The van der Waals surface area contributed by atoms with Crippen LogP contribution in [0.5, 0.6) is 0 Å². The van der Waals surface area contributed by atoms with Crippen molar-refractivity contribution in [2.75, 3.05) is 25.2 Å². The van der Waals surface area contributed by atoms with Crippen LogP contribution < -0.4 is 10.0 Å². The van der Waals surface area contributed by atoms with E-state index in [1.165, 1.54) is 12.4 Å². The molecule has 0 aliphatic carbocycles. The second-order valence-electron chi connectivity index (χ2n) is 3.99. The lowest BCUT2D eigenvalue weighted by atomic mass is 10.3. The summed E-state index contributed by atoms with van der Waals surface area (Å²) in [6, 6.07) is 0. The summed E-state index contributed by atoms with van der Waals surface area (Å²) >= 11 is 0. The van der Waals surface area contributed by atoms with Gasteiger partial charge in [-0.15, -0.1) is 0 Å². The van der Waals surface area contributed by atoms with Crippen LogP contribution in [0, 0.1) is 0 Å². The first-order valence-corrected chi connectivity index (χ1v) is 8.79. The van der Waals surface area contributed by atoms with Gasteiger partial charge < -0.3 is 5.32 Å². The van der Waals surface area contributed by atoms with E-state index in [1.807, 2.05) is 6.92 Å². The van der Waals surface area contributed by atoms with Crippen LogP contribution in [0.15, 0.2) is 17.3 Å². The van der Waals surface area contributed by atoms with Gasteiger partial charge in [0, 0.05) is 35.9 Å². The second kappa shape index (κ2) is 6.92. The minimum absolute atomic E-state index is 0.0109. The predicted octanol–water partition coefficient (Wildman–Crippen LogP) is -0.0463. The summed E-state index contributed by atoms with van der Waals surface area (Å²) in [5.41, 5.74) is 0. The molecule has 108 valence electrons. The fourth-order valence-electron chi connectivity index (χ4n) is 1.23. The summed E-state index contributed by atoms with van der Waals surface area (Å²) in [6.45, 7) is 2.05. The van der Waals surface area contributed by atoms with Crippen LogP contribution in [0.25, 0.3) is 0 Å². The molecule has 0 amide bonds. The Kier molecular flexibility index (Phi) is 5.83. The fraction of sp³-hybridized carbons (Fsp3) is 0.600. The molecule has 7 nitrogen and oxygen atoms in total. The molecule has 0 saturated heterocycles. The van der Waals surface area contributed by atoms with Crippen LogP contribution in [-0.4, -0.2) is 47.7 Å². The van der Waals surface area contributed by atoms with Gasteiger partial charge in [-0.2, -0.15) is 0 Å². The summed E-state index contributed by atoms with van der Waals surface area (Å²) in [7, 11) is -2.92. The van der Waals surface area contributed by atoms with Crippen molar-refractivity contribution in [3.8, 4) is 0 Å². The van der Waals surface area contributed by atoms with Gasteiger partial charge in [-0.1, -0.05) is 6.92 Å². The van der Waals surface area contributed by atoms with Crippen molar-refractivity contribution in [2.24, 2.45) is 0 Å². The van der Waals surface area contributed by atoms with E-state index in [0.29, 0.717) is 12.4 Å². The zero-order chi connectivity index (χ0) is 14.5. The summed E-state index contributed by atoms with van der Waals surface area (Å²) in [4.78, 5) is 7.70. The molecular formula is C10H18N4O3S2. The third-order valence-electron chi connectivity index (χ3n) is 2.57. The summed E-state index contributed by atoms with van der Waals surface area (Å²) in [5, 5.41) is 2.65. The molecule has 2 atom stereocenters. The molecule has 0 radical (unpaired) electrons. The predicted molar refractivity (Wildman–Crippen MR) is 74.9 cm³/mol. The van der Waals surface area contributed by atoms with Crippen molar-refractivity contribution < 1.29 is 12.6 Å². The fourth-order valence-corrected chi connectivity index (χ4v) is 2.62. The lowest BCUT2D eigenvalue weighted by Crippen LogP contribution is -2.28. The highest BCUT2D eigenvalue weighted by atomic mass is 32.2. The van der Waals surface area contributed by atoms with Crippen molar-refractivity contribution in [3.63, 3.8) is 0 Å². The molecule has 9 heteroatoms. The monoisotopic (exact) mass is 306 g/mol. The van der Waals surface area contributed by atoms with Crippen LogP contribution in [0.2, 0.25) is 0 Å². The van der Waals surface area contributed by atoms with E-state index in [9.17, 15) is 12.6 Å². The number of rotatable bonds is 7. The number of anilines is 1. The first-order chi connectivity index (χ1) is 8.86. The maximum Gasteiger partial charge on any atom is 0.243 e. The van der Waals surface area contributed by atoms with Gasteiger partial charge in [0.15, 0.2) is 0 Å². The molecule has 2 N–H and O–H groups in total. The van der Waals surface area contributed by atoms with E-state index in [1.54, 1.807) is 13.3 Å². The van der Waals surface area contributed by atoms with Crippen LogP contribution in [0.1, 0.15) is 13.3 Å². The van der Waals surface area contributed by atoms with Gasteiger partial charge in [0.1, 0.15) is 4.90 Å². The number of nitrogens with zero attached hydrogens (tertiary/aromatic N) is 2. The normalized spacial score (nSPS) is 14.9. The Hall–Kier alpha value is -1.06. The van der Waals surface area contributed by atoms with Crippen LogP contribution in [-0.2, 0) is 20.8 Å². The molecular weight excluding hydrogens is 288 g/mol. The molecule has 0 aliphatic rings. The van der Waals surface area contributed by atoms with E-state index in [0.717, 1.165) is 0 Å². The van der Waals surface area contributed by atoms with Crippen molar-refractivity contribution in [1.29, 1.82) is 0 Å². The Bertz CT molecular complexity index is 530. The average molecular weight is 306 g/mol. The SMILES string of the molecule is CNc1ncc(S(=O)(=O)NCCC(C)S(C)=O)cn1. The minimum Gasteiger partial charge on any atom is -0.357 e. The molecule has 0 bridgehead atoms. The molecule has 2 unspecified atom stereocenters. The molecule has 1 aromatic heterocycles. The number of hydrogen-bond acceptors (Lipinski definition) is 6. The van der Waals surface area contributed by atoms with Gasteiger partial charge in [-0.25, -0.2) is 23.1 Å². The number of hydrogen-bond donors (Lipinski definition) is 2. The quantitative estimate of drug-likeness (QED) is 0.732. The Morgan fingerprint density at radius 3 is 2.42 bits per heavy atom.